The molecule has 1 aromatic rings. The summed E-state index contributed by atoms with van der Waals surface area (Å²) in [4.78, 5) is 6.36. The van der Waals surface area contributed by atoms with Crippen molar-refractivity contribution in [3.05, 3.63) is 23.9 Å². The number of β-amino-alcohol motifs (C(OH)–C–C–N with tert-alkyl or cyclic N) is 1. The normalized spacial score (nSPS) is 20.1. The third-order valence-corrected chi connectivity index (χ3v) is 4.77. The SMILES string of the molecule is CCS(=O)(=O)NCc1cccnc1N1CCCC(O)C1. The van der Waals surface area contributed by atoms with Crippen LogP contribution >= 0.6 is 0 Å². The largest absolute Gasteiger partial charge is 0.391 e. The van der Waals surface area contributed by atoms with E-state index >= 15 is 0 Å². The zero-order chi connectivity index (χ0) is 14.6. The second kappa shape index (κ2) is 6.51. The number of sulfonamides is 1. The smallest absolute Gasteiger partial charge is 0.211 e. The lowest BCUT2D eigenvalue weighted by atomic mass is 10.1. The molecule has 2 heterocycles. The van der Waals surface area contributed by atoms with Crippen LogP contribution in [0.15, 0.2) is 18.3 Å². The maximum Gasteiger partial charge on any atom is 0.211 e. The van der Waals surface area contributed by atoms with Crippen molar-refractivity contribution in [3.8, 4) is 0 Å². The van der Waals surface area contributed by atoms with Gasteiger partial charge in [0, 0.05) is 31.4 Å². The van der Waals surface area contributed by atoms with Crippen molar-refractivity contribution in [1.29, 1.82) is 0 Å². The topological polar surface area (TPSA) is 82.5 Å². The summed E-state index contributed by atoms with van der Waals surface area (Å²) in [5, 5.41) is 9.75. The van der Waals surface area contributed by atoms with E-state index in [1.807, 2.05) is 11.0 Å². The lowest BCUT2D eigenvalue weighted by Crippen LogP contribution is -2.39. The van der Waals surface area contributed by atoms with Crippen molar-refractivity contribution in [2.24, 2.45) is 0 Å². The van der Waals surface area contributed by atoms with Crippen molar-refractivity contribution in [3.63, 3.8) is 0 Å². The first-order valence-electron chi connectivity index (χ1n) is 6.86. The molecule has 6 nitrogen and oxygen atoms in total. The Labute approximate surface area is 119 Å². The summed E-state index contributed by atoms with van der Waals surface area (Å²) in [6.07, 6.45) is 3.07. The van der Waals surface area contributed by atoms with Gasteiger partial charge in [-0.25, -0.2) is 18.1 Å². The van der Waals surface area contributed by atoms with Crippen molar-refractivity contribution in [2.75, 3.05) is 23.7 Å². The summed E-state index contributed by atoms with van der Waals surface area (Å²) >= 11 is 0. The predicted molar refractivity (Wildman–Crippen MR) is 78.0 cm³/mol. The first-order valence-corrected chi connectivity index (χ1v) is 8.51. The maximum absolute atomic E-state index is 11.5. The highest BCUT2D eigenvalue weighted by molar-refractivity contribution is 7.89. The van der Waals surface area contributed by atoms with Crippen LogP contribution in [0.3, 0.4) is 0 Å². The summed E-state index contributed by atoms with van der Waals surface area (Å²) in [5.41, 5.74) is 0.832. The van der Waals surface area contributed by atoms with Crippen LogP contribution in [0, 0.1) is 0 Å². The number of piperidine rings is 1. The summed E-state index contributed by atoms with van der Waals surface area (Å²) in [6.45, 7) is 3.21. The van der Waals surface area contributed by atoms with Gasteiger partial charge in [0.1, 0.15) is 5.82 Å². The Bertz CT molecular complexity index is 548. The molecule has 20 heavy (non-hydrogen) atoms. The second-order valence-corrected chi connectivity index (χ2v) is 7.05. The molecule has 0 spiro atoms. The molecule has 1 unspecified atom stereocenters. The summed E-state index contributed by atoms with van der Waals surface area (Å²) < 4.78 is 25.6. The van der Waals surface area contributed by atoms with E-state index in [9.17, 15) is 13.5 Å². The van der Waals surface area contributed by atoms with Crippen LogP contribution in [0.5, 0.6) is 0 Å². The minimum atomic E-state index is -3.22. The van der Waals surface area contributed by atoms with Gasteiger partial charge in [-0.15, -0.1) is 0 Å². The molecule has 0 radical (unpaired) electrons. The molecule has 0 aromatic carbocycles. The lowest BCUT2D eigenvalue weighted by molar-refractivity contribution is 0.154. The highest BCUT2D eigenvalue weighted by atomic mass is 32.2. The number of hydrogen-bond donors (Lipinski definition) is 2. The summed E-state index contributed by atoms with van der Waals surface area (Å²) in [7, 11) is -3.22. The molecule has 0 aliphatic carbocycles. The minimum absolute atomic E-state index is 0.0605. The molecular formula is C13H21N3O3S. The van der Waals surface area contributed by atoms with Gasteiger partial charge < -0.3 is 10.0 Å². The number of anilines is 1. The number of nitrogens with one attached hydrogen (secondary N) is 1. The third kappa shape index (κ3) is 3.91. The van der Waals surface area contributed by atoms with Crippen molar-refractivity contribution in [1.82, 2.24) is 9.71 Å². The lowest BCUT2D eigenvalue weighted by Gasteiger charge is -2.32. The second-order valence-electron chi connectivity index (χ2n) is 4.95. The number of pyridine rings is 1. The van der Waals surface area contributed by atoms with Gasteiger partial charge in [0.2, 0.25) is 10.0 Å². The first kappa shape index (κ1) is 15.2. The van der Waals surface area contributed by atoms with E-state index in [4.69, 9.17) is 0 Å². The maximum atomic E-state index is 11.5. The van der Waals surface area contributed by atoms with Gasteiger partial charge >= 0.3 is 0 Å². The molecule has 1 fully saturated rings. The molecule has 0 amide bonds. The van der Waals surface area contributed by atoms with Crippen LogP contribution in [0.2, 0.25) is 0 Å². The molecule has 0 bridgehead atoms. The molecule has 2 N–H and O–H groups in total. The molecule has 1 atom stereocenters. The Kier molecular flexibility index (Phi) is 4.95. The van der Waals surface area contributed by atoms with Gasteiger partial charge in [-0.1, -0.05) is 6.07 Å². The van der Waals surface area contributed by atoms with Gasteiger partial charge in [-0.3, -0.25) is 0 Å². The van der Waals surface area contributed by atoms with E-state index in [0.29, 0.717) is 6.54 Å². The van der Waals surface area contributed by atoms with E-state index in [-0.39, 0.29) is 18.4 Å². The monoisotopic (exact) mass is 299 g/mol. The fraction of sp³-hybridized carbons (Fsp3) is 0.615. The summed E-state index contributed by atoms with van der Waals surface area (Å²) in [6, 6.07) is 3.65. The zero-order valence-electron chi connectivity index (χ0n) is 11.6. The fourth-order valence-electron chi connectivity index (χ4n) is 2.29. The minimum Gasteiger partial charge on any atom is -0.391 e. The predicted octanol–water partition coefficient (Wildman–Crippen LogP) is 0.482. The van der Waals surface area contributed by atoms with E-state index < -0.39 is 10.0 Å². The van der Waals surface area contributed by atoms with E-state index in [2.05, 4.69) is 9.71 Å². The number of aliphatic hydroxyl groups is 1. The molecule has 1 saturated heterocycles. The molecule has 1 aliphatic rings. The van der Waals surface area contributed by atoms with Crippen LogP contribution < -0.4 is 9.62 Å². The Morgan fingerprint density at radius 1 is 1.55 bits per heavy atom. The average Bonchev–Trinajstić information content (AvgIpc) is 2.45. The van der Waals surface area contributed by atoms with E-state index in [1.165, 1.54) is 0 Å². The highest BCUT2D eigenvalue weighted by Crippen LogP contribution is 2.21. The van der Waals surface area contributed by atoms with Crippen LogP contribution in [0.1, 0.15) is 25.3 Å². The third-order valence-electron chi connectivity index (χ3n) is 3.43. The van der Waals surface area contributed by atoms with Gasteiger partial charge in [0.15, 0.2) is 0 Å². The van der Waals surface area contributed by atoms with Crippen molar-refractivity contribution < 1.29 is 13.5 Å². The van der Waals surface area contributed by atoms with Crippen LogP contribution in [-0.4, -0.2) is 43.5 Å². The number of nitrogens with zero attached hydrogens (tertiary/aromatic N) is 2. The fourth-order valence-corrected chi connectivity index (χ4v) is 2.87. The van der Waals surface area contributed by atoms with Gasteiger partial charge in [0.05, 0.1) is 11.9 Å². The average molecular weight is 299 g/mol. The van der Waals surface area contributed by atoms with Crippen LogP contribution in [-0.2, 0) is 16.6 Å². The molecule has 1 aromatic heterocycles. The van der Waals surface area contributed by atoms with Gasteiger partial charge in [-0.2, -0.15) is 0 Å². The molecule has 2 rings (SSSR count). The quantitative estimate of drug-likeness (QED) is 0.826. The van der Waals surface area contributed by atoms with Gasteiger partial charge in [0.25, 0.3) is 0 Å². The van der Waals surface area contributed by atoms with Crippen LogP contribution in [0.25, 0.3) is 0 Å². The Hall–Kier alpha value is -1.18. The molecule has 1 aliphatic heterocycles. The number of rotatable bonds is 5. The van der Waals surface area contributed by atoms with Crippen molar-refractivity contribution in [2.45, 2.75) is 32.4 Å². The molecule has 0 saturated carbocycles. The molecule has 7 heteroatoms. The Balaban J connectivity index is 2.13. The van der Waals surface area contributed by atoms with E-state index in [1.54, 1.807) is 19.2 Å². The Morgan fingerprint density at radius 3 is 3.05 bits per heavy atom. The standard InChI is InChI=1S/C13H21N3O3S/c1-2-20(18,19)15-9-11-5-3-7-14-13(11)16-8-4-6-12(17)10-16/h3,5,7,12,15,17H,2,4,6,8-10H2,1H3. The van der Waals surface area contributed by atoms with Crippen LogP contribution in [0.4, 0.5) is 5.82 Å². The highest BCUT2D eigenvalue weighted by Gasteiger charge is 2.21. The number of aromatic nitrogens is 1. The van der Waals surface area contributed by atoms with E-state index in [0.717, 1.165) is 30.8 Å². The molecular weight excluding hydrogens is 278 g/mol. The summed E-state index contributed by atoms with van der Waals surface area (Å²) in [5.74, 6) is 0.815. The van der Waals surface area contributed by atoms with Crippen molar-refractivity contribution >= 4 is 15.8 Å². The number of aliphatic hydroxyl groups excluding tert-OH is 1. The Morgan fingerprint density at radius 2 is 2.35 bits per heavy atom. The molecule has 112 valence electrons. The zero-order valence-corrected chi connectivity index (χ0v) is 12.4. The first-order chi connectivity index (χ1) is 9.52. The van der Waals surface area contributed by atoms with Gasteiger partial charge in [-0.05, 0) is 25.8 Å². The number of hydrogen-bond acceptors (Lipinski definition) is 5.